The predicted octanol–water partition coefficient (Wildman–Crippen LogP) is 1.45. The number of nitrogens with zero attached hydrogens (tertiary/aromatic N) is 4. The van der Waals surface area contributed by atoms with Crippen LogP contribution in [-0.2, 0) is 11.3 Å². The topological polar surface area (TPSA) is 64.9 Å². The quantitative estimate of drug-likeness (QED) is 0.867. The van der Waals surface area contributed by atoms with E-state index < -0.39 is 0 Å². The summed E-state index contributed by atoms with van der Waals surface area (Å²) in [5.41, 5.74) is 1.92. The van der Waals surface area contributed by atoms with E-state index in [4.69, 9.17) is 4.74 Å². The molecular formula is C10H14BrN5OS. The van der Waals surface area contributed by atoms with Gasteiger partial charge in [-0.1, -0.05) is 4.49 Å². The van der Waals surface area contributed by atoms with Gasteiger partial charge in [0.15, 0.2) is 0 Å². The van der Waals surface area contributed by atoms with Crippen molar-refractivity contribution in [2.24, 2.45) is 0 Å². The molecule has 0 aliphatic heterocycles. The first-order valence-corrected chi connectivity index (χ1v) is 7.05. The molecule has 0 fully saturated rings. The van der Waals surface area contributed by atoms with Gasteiger partial charge in [-0.25, -0.2) is 0 Å². The fraction of sp³-hybridized carbons (Fsp3) is 0.500. The van der Waals surface area contributed by atoms with Crippen LogP contribution < -0.4 is 5.32 Å². The molecule has 0 saturated heterocycles. The van der Waals surface area contributed by atoms with Crippen molar-refractivity contribution in [1.29, 1.82) is 0 Å². The van der Waals surface area contributed by atoms with Crippen molar-refractivity contribution in [2.45, 2.75) is 12.6 Å². The summed E-state index contributed by atoms with van der Waals surface area (Å²) in [6, 6.07) is -0.0301. The zero-order valence-corrected chi connectivity index (χ0v) is 12.5. The molecule has 0 aliphatic carbocycles. The van der Waals surface area contributed by atoms with Gasteiger partial charge in [-0.2, -0.15) is 5.10 Å². The monoisotopic (exact) mass is 331 g/mol. The maximum absolute atomic E-state index is 5.09. The lowest BCUT2D eigenvalue weighted by molar-refractivity contribution is 0.182. The van der Waals surface area contributed by atoms with Gasteiger partial charge in [-0.15, -0.1) is 5.10 Å². The summed E-state index contributed by atoms with van der Waals surface area (Å²) >= 11 is 4.87. The van der Waals surface area contributed by atoms with Crippen LogP contribution in [0.15, 0.2) is 16.0 Å². The summed E-state index contributed by atoms with van der Waals surface area (Å²) < 4.78 is 11.9. The molecule has 2 aromatic rings. The van der Waals surface area contributed by atoms with Gasteiger partial charge in [-0.3, -0.25) is 4.68 Å². The van der Waals surface area contributed by atoms with Crippen molar-refractivity contribution < 1.29 is 4.74 Å². The van der Waals surface area contributed by atoms with Crippen LogP contribution in [0.1, 0.15) is 17.4 Å². The van der Waals surface area contributed by atoms with Crippen molar-refractivity contribution in [2.75, 3.05) is 20.8 Å². The molecular weight excluding hydrogens is 318 g/mol. The Hall–Kier alpha value is -0.830. The molecule has 6 nitrogen and oxygen atoms in total. The van der Waals surface area contributed by atoms with Gasteiger partial charge in [0.05, 0.1) is 41.3 Å². The van der Waals surface area contributed by atoms with Gasteiger partial charge in [0.2, 0.25) is 0 Å². The Morgan fingerprint density at radius 2 is 2.44 bits per heavy atom. The minimum absolute atomic E-state index is 0.0301. The third kappa shape index (κ3) is 2.77. The molecule has 0 saturated carbocycles. The molecule has 1 N–H and O–H groups in total. The van der Waals surface area contributed by atoms with E-state index in [0.717, 1.165) is 15.9 Å². The highest BCUT2D eigenvalue weighted by molar-refractivity contribution is 9.10. The number of halogens is 1. The first kappa shape index (κ1) is 13.6. The number of hydrogen-bond acceptors (Lipinski definition) is 6. The number of nitrogens with one attached hydrogen (secondary N) is 1. The Balaban J connectivity index is 2.32. The van der Waals surface area contributed by atoms with Crippen molar-refractivity contribution in [3.8, 4) is 0 Å². The first-order chi connectivity index (χ1) is 8.77. The van der Waals surface area contributed by atoms with E-state index in [-0.39, 0.29) is 6.04 Å². The van der Waals surface area contributed by atoms with Gasteiger partial charge in [0.1, 0.15) is 0 Å². The van der Waals surface area contributed by atoms with Crippen LogP contribution in [0.2, 0.25) is 0 Å². The highest BCUT2D eigenvalue weighted by Gasteiger charge is 2.22. The molecule has 0 amide bonds. The summed E-state index contributed by atoms with van der Waals surface area (Å²) in [6.45, 7) is 1.32. The largest absolute Gasteiger partial charge is 0.383 e. The summed E-state index contributed by atoms with van der Waals surface area (Å²) in [5, 5.41) is 13.6. The highest BCUT2D eigenvalue weighted by atomic mass is 79.9. The van der Waals surface area contributed by atoms with Crippen molar-refractivity contribution in [3.05, 3.63) is 27.4 Å². The standard InChI is InChI=1S/C10H14BrN5OS/c1-12-9(8-6-18-15-14-8)10-7(11)5-13-16(10)3-4-17-2/h5-6,9,12H,3-4H2,1-2H3. The Kier molecular flexibility index (Phi) is 4.81. The minimum atomic E-state index is -0.0301. The SMILES string of the molecule is CNC(c1csnn1)c1c(Br)cnn1CCOC. The van der Waals surface area contributed by atoms with Crippen LogP contribution in [0.3, 0.4) is 0 Å². The van der Waals surface area contributed by atoms with Gasteiger partial charge < -0.3 is 10.1 Å². The van der Waals surface area contributed by atoms with E-state index in [1.807, 2.05) is 17.1 Å². The third-order valence-electron chi connectivity index (χ3n) is 2.58. The van der Waals surface area contributed by atoms with Crippen molar-refractivity contribution >= 4 is 27.5 Å². The van der Waals surface area contributed by atoms with Gasteiger partial charge in [0.25, 0.3) is 0 Å². The van der Waals surface area contributed by atoms with E-state index >= 15 is 0 Å². The molecule has 2 aromatic heterocycles. The lowest BCUT2D eigenvalue weighted by Gasteiger charge is -2.16. The van der Waals surface area contributed by atoms with E-state index in [0.29, 0.717) is 13.2 Å². The third-order valence-corrected chi connectivity index (χ3v) is 3.71. The fourth-order valence-corrected chi connectivity index (χ4v) is 2.74. The Morgan fingerprint density at radius 1 is 1.61 bits per heavy atom. The van der Waals surface area contributed by atoms with E-state index in [1.54, 1.807) is 13.3 Å². The molecule has 0 bridgehead atoms. The smallest absolute Gasteiger partial charge is 0.0986 e. The van der Waals surface area contributed by atoms with Crippen LogP contribution >= 0.6 is 27.5 Å². The molecule has 0 aromatic carbocycles. The molecule has 0 aliphatic rings. The number of methoxy groups -OCH3 is 1. The van der Waals surface area contributed by atoms with E-state index in [9.17, 15) is 0 Å². The molecule has 8 heteroatoms. The van der Waals surface area contributed by atoms with E-state index in [1.165, 1.54) is 11.5 Å². The van der Waals surface area contributed by atoms with E-state index in [2.05, 4.69) is 35.9 Å². The van der Waals surface area contributed by atoms with Crippen molar-refractivity contribution in [1.82, 2.24) is 24.7 Å². The van der Waals surface area contributed by atoms with Gasteiger partial charge in [-0.05, 0) is 34.5 Å². The fourth-order valence-electron chi connectivity index (χ4n) is 1.74. The average Bonchev–Trinajstić information content (AvgIpc) is 3.00. The predicted molar refractivity (Wildman–Crippen MR) is 72.6 cm³/mol. The average molecular weight is 332 g/mol. The highest BCUT2D eigenvalue weighted by Crippen LogP contribution is 2.27. The summed E-state index contributed by atoms with van der Waals surface area (Å²) in [6.07, 6.45) is 1.79. The number of ether oxygens (including phenoxy) is 1. The lowest BCUT2D eigenvalue weighted by atomic mass is 10.1. The lowest BCUT2D eigenvalue weighted by Crippen LogP contribution is -2.23. The van der Waals surface area contributed by atoms with Crippen molar-refractivity contribution in [3.63, 3.8) is 0 Å². The Morgan fingerprint density at radius 3 is 3.06 bits per heavy atom. The maximum Gasteiger partial charge on any atom is 0.0986 e. The molecule has 98 valence electrons. The number of aromatic nitrogens is 4. The number of rotatable bonds is 6. The van der Waals surface area contributed by atoms with Gasteiger partial charge >= 0.3 is 0 Å². The summed E-state index contributed by atoms with van der Waals surface area (Å²) in [5.74, 6) is 0. The Bertz CT molecular complexity index is 486. The summed E-state index contributed by atoms with van der Waals surface area (Å²) in [7, 11) is 3.57. The zero-order valence-electron chi connectivity index (χ0n) is 10.1. The summed E-state index contributed by atoms with van der Waals surface area (Å²) in [4.78, 5) is 0. The molecule has 0 radical (unpaired) electrons. The van der Waals surface area contributed by atoms with Gasteiger partial charge in [0, 0.05) is 12.5 Å². The maximum atomic E-state index is 5.09. The number of hydrogen-bond donors (Lipinski definition) is 1. The second-order valence-electron chi connectivity index (χ2n) is 3.65. The zero-order chi connectivity index (χ0) is 13.0. The minimum Gasteiger partial charge on any atom is -0.383 e. The van der Waals surface area contributed by atoms with Crippen LogP contribution in [-0.4, -0.2) is 40.1 Å². The molecule has 2 heterocycles. The first-order valence-electron chi connectivity index (χ1n) is 5.42. The molecule has 2 rings (SSSR count). The molecule has 0 spiro atoms. The second kappa shape index (κ2) is 6.37. The van der Waals surface area contributed by atoms with Crippen LogP contribution in [0.25, 0.3) is 0 Å². The molecule has 1 unspecified atom stereocenters. The molecule has 1 atom stereocenters. The molecule has 18 heavy (non-hydrogen) atoms. The van der Waals surface area contributed by atoms with Crippen LogP contribution in [0.4, 0.5) is 0 Å². The normalized spacial score (nSPS) is 12.8. The van der Waals surface area contributed by atoms with Crippen LogP contribution in [0, 0.1) is 0 Å². The Labute approximate surface area is 118 Å². The second-order valence-corrected chi connectivity index (χ2v) is 5.11. The van der Waals surface area contributed by atoms with Crippen LogP contribution in [0.5, 0.6) is 0 Å².